The van der Waals surface area contributed by atoms with E-state index in [0.717, 1.165) is 6.26 Å². The van der Waals surface area contributed by atoms with Crippen molar-refractivity contribution in [3.05, 3.63) is 24.3 Å². The molecule has 0 bridgehead atoms. The minimum Gasteiger partial charge on any atom is -0.224 e. The van der Waals surface area contributed by atoms with Crippen molar-refractivity contribution in [3.63, 3.8) is 0 Å². The van der Waals surface area contributed by atoms with Gasteiger partial charge in [0.25, 0.3) is 0 Å². The average Bonchev–Trinajstić information content (AvgIpc) is 2.34. The summed E-state index contributed by atoms with van der Waals surface area (Å²) < 4.78 is 49.5. The summed E-state index contributed by atoms with van der Waals surface area (Å²) >= 11 is 0. The summed E-state index contributed by atoms with van der Waals surface area (Å²) in [5, 5.41) is 0. The molecule has 0 unspecified atom stereocenters. The Morgan fingerprint density at radius 3 is 2.21 bits per heavy atom. The number of sulfonamides is 1. The van der Waals surface area contributed by atoms with Gasteiger partial charge in [0.2, 0.25) is 10.0 Å². The van der Waals surface area contributed by atoms with Crippen molar-refractivity contribution in [1.29, 1.82) is 0 Å². The predicted molar refractivity (Wildman–Crippen MR) is 72.8 cm³/mol. The number of hydrogen-bond donors (Lipinski definition) is 1. The van der Waals surface area contributed by atoms with E-state index >= 15 is 0 Å². The number of sulfone groups is 1. The van der Waals surface area contributed by atoms with Crippen LogP contribution >= 0.6 is 0 Å². The first-order valence-electron chi connectivity index (χ1n) is 5.47. The summed E-state index contributed by atoms with van der Waals surface area (Å²) in [6.45, 7) is 1.80. The monoisotopic (exact) mass is 301 g/mol. The third kappa shape index (κ3) is 4.35. The van der Waals surface area contributed by atoms with E-state index in [2.05, 4.69) is 16.6 Å². The molecule has 0 heterocycles. The largest absolute Gasteiger partial charge is 0.241 e. The van der Waals surface area contributed by atoms with Gasteiger partial charge < -0.3 is 0 Å². The topological polar surface area (TPSA) is 80.3 Å². The van der Waals surface area contributed by atoms with Crippen LogP contribution in [0.15, 0.2) is 34.1 Å². The van der Waals surface area contributed by atoms with Crippen molar-refractivity contribution in [2.45, 2.75) is 23.1 Å². The highest BCUT2D eigenvalue weighted by atomic mass is 32.2. The van der Waals surface area contributed by atoms with Crippen LogP contribution in [0.1, 0.15) is 13.3 Å². The van der Waals surface area contributed by atoms with Crippen LogP contribution in [0.2, 0.25) is 0 Å². The molecular formula is C12H15NO4S2. The van der Waals surface area contributed by atoms with Crippen LogP contribution in [-0.2, 0) is 19.9 Å². The quantitative estimate of drug-likeness (QED) is 0.644. The van der Waals surface area contributed by atoms with Crippen molar-refractivity contribution < 1.29 is 16.8 Å². The Hall–Kier alpha value is -1.36. The summed E-state index contributed by atoms with van der Waals surface area (Å²) in [6, 6.07) is 5.51. The molecule has 0 atom stereocenters. The molecule has 19 heavy (non-hydrogen) atoms. The molecule has 0 saturated carbocycles. The molecule has 1 aromatic rings. The van der Waals surface area contributed by atoms with Gasteiger partial charge in [0.15, 0.2) is 9.84 Å². The lowest BCUT2D eigenvalue weighted by Gasteiger charge is -2.09. The van der Waals surface area contributed by atoms with Gasteiger partial charge in [0.05, 0.1) is 4.90 Å². The van der Waals surface area contributed by atoms with Gasteiger partial charge in [-0.15, -0.1) is 11.8 Å². The van der Waals surface area contributed by atoms with E-state index < -0.39 is 19.9 Å². The summed E-state index contributed by atoms with van der Waals surface area (Å²) in [7, 11) is -7.45. The Balaban J connectivity index is 3.11. The molecule has 0 amide bonds. The van der Waals surface area contributed by atoms with Gasteiger partial charge in [-0.2, -0.15) is 0 Å². The molecule has 0 aliphatic heterocycles. The minimum absolute atomic E-state index is 0.140. The second-order valence-corrected chi connectivity index (χ2v) is 7.51. The summed E-state index contributed by atoms with van der Waals surface area (Å²) in [6.07, 6.45) is 1.35. The molecule has 0 spiro atoms. The molecule has 0 saturated heterocycles. The van der Waals surface area contributed by atoms with Crippen molar-refractivity contribution in [1.82, 2.24) is 4.72 Å². The van der Waals surface area contributed by atoms with Crippen LogP contribution in [0.4, 0.5) is 0 Å². The van der Waals surface area contributed by atoms with Gasteiger partial charge in [-0.25, -0.2) is 21.6 Å². The maximum absolute atomic E-state index is 12.0. The van der Waals surface area contributed by atoms with E-state index in [1.165, 1.54) is 24.3 Å². The predicted octanol–water partition coefficient (Wildman–Crippen LogP) is 0.782. The molecule has 1 N–H and O–H groups in total. The standard InChI is InChI=1S/C12H15NO4S2/c1-3-4-7-10-13-19(16,17)12-9-6-5-8-11(12)18(2,14)15/h5-6,8-9,13H,7,10H2,1-2H3. The van der Waals surface area contributed by atoms with Crippen molar-refractivity contribution >= 4 is 19.9 Å². The van der Waals surface area contributed by atoms with Crippen molar-refractivity contribution in [2.24, 2.45) is 0 Å². The van der Waals surface area contributed by atoms with Crippen molar-refractivity contribution in [2.75, 3.05) is 12.8 Å². The maximum Gasteiger partial charge on any atom is 0.241 e. The number of benzene rings is 1. The van der Waals surface area contributed by atoms with Crippen molar-refractivity contribution in [3.8, 4) is 11.8 Å². The lowest BCUT2D eigenvalue weighted by molar-refractivity contribution is 0.575. The van der Waals surface area contributed by atoms with Gasteiger partial charge >= 0.3 is 0 Å². The lowest BCUT2D eigenvalue weighted by Crippen LogP contribution is -2.26. The first kappa shape index (κ1) is 15.7. The molecule has 1 rings (SSSR count). The van der Waals surface area contributed by atoms with Crippen LogP contribution in [0.5, 0.6) is 0 Å². The molecule has 0 aromatic heterocycles. The highest BCUT2D eigenvalue weighted by Gasteiger charge is 2.22. The molecule has 0 fully saturated rings. The molecule has 7 heteroatoms. The Bertz CT molecular complexity index is 710. The number of rotatable bonds is 5. The highest BCUT2D eigenvalue weighted by Crippen LogP contribution is 2.20. The van der Waals surface area contributed by atoms with Gasteiger partial charge in [-0.05, 0) is 19.1 Å². The second kappa shape index (κ2) is 6.19. The Morgan fingerprint density at radius 1 is 1.11 bits per heavy atom. The summed E-state index contributed by atoms with van der Waals surface area (Å²) in [5.74, 6) is 5.37. The molecule has 1 aromatic carbocycles. The fraction of sp³-hybridized carbons (Fsp3) is 0.333. The highest BCUT2D eigenvalue weighted by molar-refractivity contribution is 7.93. The summed E-state index contributed by atoms with van der Waals surface area (Å²) in [4.78, 5) is -0.439. The van der Waals surface area contributed by atoms with E-state index in [9.17, 15) is 16.8 Å². The normalized spacial score (nSPS) is 11.7. The molecule has 5 nitrogen and oxygen atoms in total. The SMILES string of the molecule is CC#CCCNS(=O)(=O)c1ccccc1S(C)(=O)=O. The molecule has 0 radical (unpaired) electrons. The van der Waals surface area contributed by atoms with Crippen LogP contribution in [0.3, 0.4) is 0 Å². The van der Waals surface area contributed by atoms with Crippen LogP contribution < -0.4 is 4.72 Å². The zero-order valence-corrected chi connectivity index (χ0v) is 12.3. The third-order valence-electron chi connectivity index (χ3n) is 2.26. The third-order valence-corrected chi connectivity index (χ3v) is 5.06. The fourth-order valence-electron chi connectivity index (χ4n) is 1.43. The van der Waals surface area contributed by atoms with E-state index in [1.54, 1.807) is 6.92 Å². The van der Waals surface area contributed by atoms with Gasteiger partial charge in [0.1, 0.15) is 4.90 Å². The molecule has 0 aliphatic carbocycles. The molecular weight excluding hydrogens is 286 g/mol. The average molecular weight is 301 g/mol. The van der Waals surface area contributed by atoms with Gasteiger partial charge in [-0.1, -0.05) is 12.1 Å². The zero-order chi connectivity index (χ0) is 14.5. The Labute approximate surface area is 114 Å². The van der Waals surface area contributed by atoms with Gasteiger partial charge in [-0.3, -0.25) is 0 Å². The first-order chi connectivity index (χ1) is 8.79. The Morgan fingerprint density at radius 2 is 1.68 bits per heavy atom. The smallest absolute Gasteiger partial charge is 0.224 e. The zero-order valence-electron chi connectivity index (χ0n) is 10.7. The van der Waals surface area contributed by atoms with E-state index in [4.69, 9.17) is 0 Å². The van der Waals surface area contributed by atoms with E-state index in [0.29, 0.717) is 6.42 Å². The van der Waals surface area contributed by atoms with Crippen LogP contribution in [0, 0.1) is 11.8 Å². The van der Waals surface area contributed by atoms with E-state index in [1.807, 2.05) is 0 Å². The Kier molecular flexibility index (Phi) is 5.11. The lowest BCUT2D eigenvalue weighted by atomic mass is 10.4. The number of nitrogens with one attached hydrogen (secondary N) is 1. The minimum atomic E-state index is -3.85. The molecule has 0 aliphatic rings. The summed E-state index contributed by atoms with van der Waals surface area (Å²) in [5.41, 5.74) is 0. The first-order valence-corrected chi connectivity index (χ1v) is 8.85. The van der Waals surface area contributed by atoms with Crippen LogP contribution in [-0.4, -0.2) is 29.6 Å². The maximum atomic E-state index is 12.0. The van der Waals surface area contributed by atoms with Crippen LogP contribution in [0.25, 0.3) is 0 Å². The molecule has 104 valence electrons. The van der Waals surface area contributed by atoms with E-state index in [-0.39, 0.29) is 16.3 Å². The second-order valence-electron chi connectivity index (χ2n) is 3.79. The number of hydrogen-bond acceptors (Lipinski definition) is 4. The fourth-order valence-corrected chi connectivity index (χ4v) is 4.09. The van der Waals surface area contributed by atoms with Gasteiger partial charge in [0, 0.05) is 19.2 Å².